The topological polar surface area (TPSA) is 77.8 Å². The molecule has 0 saturated heterocycles. The van der Waals surface area contributed by atoms with Crippen molar-refractivity contribution >= 4 is 45.6 Å². The van der Waals surface area contributed by atoms with Gasteiger partial charge in [0, 0.05) is 17.1 Å². The van der Waals surface area contributed by atoms with Crippen LogP contribution in [0.1, 0.15) is 2.85 Å². The summed E-state index contributed by atoms with van der Waals surface area (Å²) < 4.78 is 8.88. The Kier molecular flexibility index (Phi) is 13.7. The van der Waals surface area contributed by atoms with Gasteiger partial charge in [0.15, 0.2) is 0 Å². The summed E-state index contributed by atoms with van der Waals surface area (Å²) >= 11 is 0. The Morgan fingerprint density at radius 1 is 1.29 bits per heavy atom. The zero-order valence-corrected chi connectivity index (χ0v) is 7.25. The van der Waals surface area contributed by atoms with Gasteiger partial charge in [0.1, 0.15) is 0 Å². The molecule has 0 spiro atoms. The van der Waals surface area contributed by atoms with E-state index in [0.29, 0.717) is 0 Å². The molecule has 0 atom stereocenters. The predicted molar refractivity (Wildman–Crippen MR) is 22.2 cm³/mol. The molecular formula is H5CaCuO4P. The standard InChI is InChI=1S/Ca.Cu.H3O4P.2H/c;;1-5(2,3)4;;/h;;(H3,1,2,3,4);;/q+2;;;2*-1. The van der Waals surface area contributed by atoms with Crippen LogP contribution in [-0.4, -0.2) is 52.4 Å². The number of rotatable bonds is 0. The van der Waals surface area contributed by atoms with Crippen molar-refractivity contribution in [3.8, 4) is 0 Å². The summed E-state index contributed by atoms with van der Waals surface area (Å²) in [6.07, 6.45) is 0. The largest absolute Gasteiger partial charge is 2.00 e. The van der Waals surface area contributed by atoms with E-state index in [2.05, 4.69) is 0 Å². The third kappa shape index (κ3) is 76.7. The fourth-order valence-corrected chi connectivity index (χ4v) is 0. The molecule has 47 valence electrons. The molecule has 0 aliphatic rings. The van der Waals surface area contributed by atoms with Crippen molar-refractivity contribution in [1.29, 1.82) is 0 Å². The van der Waals surface area contributed by atoms with Gasteiger partial charge in [-0.25, -0.2) is 4.57 Å². The summed E-state index contributed by atoms with van der Waals surface area (Å²) in [5.74, 6) is 0. The van der Waals surface area contributed by atoms with Crippen LogP contribution in [-0.2, 0) is 21.6 Å². The molecule has 0 fully saturated rings. The second-order valence-corrected chi connectivity index (χ2v) is 1.54. The van der Waals surface area contributed by atoms with Gasteiger partial charge in [-0.15, -0.1) is 0 Å². The molecule has 0 saturated carbocycles. The minimum Gasteiger partial charge on any atom is -1.00 e. The van der Waals surface area contributed by atoms with Gasteiger partial charge in [-0.3, -0.25) is 0 Å². The first-order valence-electron chi connectivity index (χ1n) is 0.783. The predicted octanol–water partition coefficient (Wildman–Crippen LogP) is -1.09. The van der Waals surface area contributed by atoms with E-state index in [4.69, 9.17) is 19.2 Å². The molecule has 0 aliphatic carbocycles. The van der Waals surface area contributed by atoms with E-state index >= 15 is 0 Å². The first kappa shape index (κ1) is 16.0. The third-order valence-corrected chi connectivity index (χ3v) is 0. The Morgan fingerprint density at radius 2 is 1.29 bits per heavy atom. The van der Waals surface area contributed by atoms with Crippen LogP contribution in [0.2, 0.25) is 0 Å². The molecule has 0 aromatic heterocycles. The smallest absolute Gasteiger partial charge is 1.00 e. The fourth-order valence-electron chi connectivity index (χ4n) is 0. The monoisotopic (exact) mass is 203 g/mol. The van der Waals surface area contributed by atoms with E-state index in [9.17, 15) is 0 Å². The van der Waals surface area contributed by atoms with Crippen molar-refractivity contribution in [3.63, 3.8) is 0 Å². The van der Waals surface area contributed by atoms with Crippen molar-refractivity contribution in [1.82, 2.24) is 0 Å². The van der Waals surface area contributed by atoms with Crippen LogP contribution >= 0.6 is 7.82 Å². The zero-order valence-electron chi connectivity index (χ0n) is 5.21. The van der Waals surface area contributed by atoms with Crippen molar-refractivity contribution < 1.29 is 39.2 Å². The van der Waals surface area contributed by atoms with Gasteiger partial charge in [-0.2, -0.15) is 0 Å². The van der Waals surface area contributed by atoms with Crippen molar-refractivity contribution in [2.75, 3.05) is 0 Å². The summed E-state index contributed by atoms with van der Waals surface area (Å²) in [6, 6.07) is 0. The zero-order chi connectivity index (χ0) is 4.50. The molecule has 7 heteroatoms. The molecule has 4 nitrogen and oxygen atoms in total. The van der Waals surface area contributed by atoms with Gasteiger partial charge in [-0.1, -0.05) is 0 Å². The summed E-state index contributed by atoms with van der Waals surface area (Å²) in [4.78, 5) is 21.6. The van der Waals surface area contributed by atoms with Gasteiger partial charge in [-0.05, 0) is 0 Å². The molecule has 0 bridgehead atoms. The Balaban J connectivity index is -0.0000000133. The van der Waals surface area contributed by atoms with E-state index in [-0.39, 0.29) is 57.7 Å². The van der Waals surface area contributed by atoms with E-state index in [1.54, 1.807) is 0 Å². The number of phosphoric acid groups is 1. The molecular weight excluding hydrogens is 199 g/mol. The number of hydrogen-bond acceptors (Lipinski definition) is 1. The van der Waals surface area contributed by atoms with E-state index in [0.717, 1.165) is 0 Å². The fraction of sp³-hybridized carbons (Fsp3) is 0. The molecule has 7 heavy (non-hydrogen) atoms. The van der Waals surface area contributed by atoms with Crippen molar-refractivity contribution in [2.24, 2.45) is 0 Å². The van der Waals surface area contributed by atoms with Gasteiger partial charge in [0.2, 0.25) is 0 Å². The minimum absolute atomic E-state index is 0. The molecule has 3 N–H and O–H groups in total. The molecule has 0 heterocycles. The summed E-state index contributed by atoms with van der Waals surface area (Å²) in [5.41, 5.74) is 0. The summed E-state index contributed by atoms with van der Waals surface area (Å²) in [7, 11) is -4.64. The molecule has 0 aromatic carbocycles. The van der Waals surface area contributed by atoms with E-state index in [1.165, 1.54) is 0 Å². The molecule has 0 aliphatic heterocycles. The van der Waals surface area contributed by atoms with Gasteiger partial charge in [0.25, 0.3) is 0 Å². The van der Waals surface area contributed by atoms with Gasteiger partial charge < -0.3 is 17.5 Å². The first-order chi connectivity index (χ1) is 2.00. The van der Waals surface area contributed by atoms with Crippen LogP contribution < -0.4 is 0 Å². The molecule has 0 amide bonds. The van der Waals surface area contributed by atoms with Crippen molar-refractivity contribution in [2.45, 2.75) is 0 Å². The van der Waals surface area contributed by atoms with Crippen LogP contribution in [0.5, 0.6) is 0 Å². The van der Waals surface area contributed by atoms with Gasteiger partial charge >= 0.3 is 45.6 Å². The maximum Gasteiger partial charge on any atom is 2.00 e. The second-order valence-electron chi connectivity index (χ2n) is 0.513. The Morgan fingerprint density at radius 3 is 1.29 bits per heavy atom. The number of hydrogen-bond donors (Lipinski definition) is 3. The van der Waals surface area contributed by atoms with Gasteiger partial charge in [0.05, 0.1) is 0 Å². The molecule has 0 aromatic rings. The van der Waals surface area contributed by atoms with Crippen LogP contribution in [0, 0.1) is 0 Å². The Labute approximate surface area is 84.0 Å². The maximum absolute atomic E-state index is 8.88. The molecule has 0 rings (SSSR count). The maximum atomic E-state index is 8.88. The van der Waals surface area contributed by atoms with Crippen LogP contribution in [0.25, 0.3) is 0 Å². The molecule has 1 radical (unpaired) electrons. The van der Waals surface area contributed by atoms with E-state index in [1.807, 2.05) is 0 Å². The SMILES string of the molecule is O=P(O)(O)O.[Ca+2].[Cu].[H-].[H-]. The Bertz CT molecular complexity index is 64.7. The summed E-state index contributed by atoms with van der Waals surface area (Å²) in [5, 5.41) is 0. The first-order valence-corrected chi connectivity index (χ1v) is 2.35. The minimum atomic E-state index is -4.64. The van der Waals surface area contributed by atoms with Crippen LogP contribution in [0.15, 0.2) is 0 Å². The average molecular weight is 204 g/mol. The third-order valence-electron chi connectivity index (χ3n) is 0. The quantitative estimate of drug-likeness (QED) is 0.346. The van der Waals surface area contributed by atoms with Crippen LogP contribution in [0.4, 0.5) is 0 Å². The van der Waals surface area contributed by atoms with Crippen molar-refractivity contribution in [3.05, 3.63) is 0 Å². The summed E-state index contributed by atoms with van der Waals surface area (Å²) in [6.45, 7) is 0. The second kappa shape index (κ2) is 6.02. The van der Waals surface area contributed by atoms with Crippen LogP contribution in [0.3, 0.4) is 0 Å². The normalized spacial score (nSPS) is 8.43. The van der Waals surface area contributed by atoms with E-state index < -0.39 is 7.82 Å². The average Bonchev–Trinajstić information content (AvgIpc) is 0.722. The Hall–Kier alpha value is 1.89. The molecule has 0 unspecified atom stereocenters.